The van der Waals surface area contributed by atoms with Crippen LogP contribution in [-0.2, 0) is 14.6 Å². The van der Waals surface area contributed by atoms with Gasteiger partial charge in [-0.3, -0.25) is 0 Å². The van der Waals surface area contributed by atoms with Crippen LogP contribution in [0.3, 0.4) is 0 Å². The van der Waals surface area contributed by atoms with Crippen molar-refractivity contribution in [3.63, 3.8) is 0 Å². The summed E-state index contributed by atoms with van der Waals surface area (Å²) in [7, 11) is -3.25. The maximum Gasteiger partial charge on any atom is 0.192 e. The third kappa shape index (κ3) is 2.38. The van der Waals surface area contributed by atoms with E-state index in [1.54, 1.807) is 13.0 Å². The van der Waals surface area contributed by atoms with E-state index in [9.17, 15) is 13.2 Å². The van der Waals surface area contributed by atoms with Crippen LogP contribution >= 0.6 is 0 Å². The molecule has 1 unspecified atom stereocenters. The minimum absolute atomic E-state index is 0.0272. The maximum absolute atomic E-state index is 11.1. The first-order valence-electron chi connectivity index (χ1n) is 4.06. The third-order valence-electron chi connectivity index (χ3n) is 1.87. The van der Waals surface area contributed by atoms with Crippen molar-refractivity contribution in [2.24, 2.45) is 0 Å². The number of carbonyl (C=O) groups is 1. The van der Waals surface area contributed by atoms with Gasteiger partial charge in [0.15, 0.2) is 14.9 Å². The molecule has 5 heteroatoms. The molecule has 0 aliphatic heterocycles. The molecule has 1 atom stereocenters. The Morgan fingerprint density at radius 3 is 2.43 bits per heavy atom. The molecule has 0 aromatic carbocycles. The van der Waals surface area contributed by atoms with E-state index in [-0.39, 0.29) is 10.9 Å². The fraction of sp³-hybridized carbons (Fsp3) is 0.333. The largest absolute Gasteiger partial charge is 0.303 e. The van der Waals surface area contributed by atoms with Gasteiger partial charge in [-0.05, 0) is 11.6 Å². The van der Waals surface area contributed by atoms with Crippen LogP contribution in [0.25, 0.3) is 0 Å². The Morgan fingerprint density at radius 2 is 2.07 bits per heavy atom. The molecule has 0 N–H and O–H groups in total. The molecule has 1 aromatic heterocycles. The maximum atomic E-state index is 11.1. The standard InChI is InChI=1S/C9H11NO3S/c1-7(6-11)8-3-4-9(10-5-8)14(2,12)13/h3-7H,1-2H3. The number of sulfone groups is 1. The molecule has 1 aromatic rings. The number of hydrogen-bond acceptors (Lipinski definition) is 4. The topological polar surface area (TPSA) is 64.1 Å². The second-order valence-corrected chi connectivity index (χ2v) is 5.09. The summed E-state index contributed by atoms with van der Waals surface area (Å²) in [6, 6.07) is 3.01. The molecule has 14 heavy (non-hydrogen) atoms. The lowest BCUT2D eigenvalue weighted by Gasteiger charge is -2.03. The molecule has 0 spiro atoms. The predicted octanol–water partition coefficient (Wildman–Crippen LogP) is 0.787. The lowest BCUT2D eigenvalue weighted by atomic mass is 10.1. The highest BCUT2D eigenvalue weighted by Gasteiger charge is 2.09. The van der Waals surface area contributed by atoms with E-state index in [0.29, 0.717) is 5.56 Å². The first-order chi connectivity index (χ1) is 6.45. The molecule has 4 nitrogen and oxygen atoms in total. The normalized spacial score (nSPS) is 13.6. The summed E-state index contributed by atoms with van der Waals surface area (Å²) in [4.78, 5) is 14.2. The monoisotopic (exact) mass is 213 g/mol. The van der Waals surface area contributed by atoms with Crippen LogP contribution < -0.4 is 0 Å². The van der Waals surface area contributed by atoms with E-state index in [4.69, 9.17) is 0 Å². The van der Waals surface area contributed by atoms with Gasteiger partial charge >= 0.3 is 0 Å². The van der Waals surface area contributed by atoms with Crippen molar-refractivity contribution in [1.29, 1.82) is 0 Å². The number of pyridine rings is 1. The van der Waals surface area contributed by atoms with Crippen LogP contribution in [0.1, 0.15) is 18.4 Å². The molecule has 0 saturated heterocycles. The van der Waals surface area contributed by atoms with Gasteiger partial charge in [0.05, 0.1) is 0 Å². The molecule has 76 valence electrons. The minimum Gasteiger partial charge on any atom is -0.303 e. The zero-order valence-electron chi connectivity index (χ0n) is 7.97. The van der Waals surface area contributed by atoms with E-state index in [1.807, 2.05) is 0 Å². The Morgan fingerprint density at radius 1 is 1.43 bits per heavy atom. The summed E-state index contributed by atoms with van der Waals surface area (Å²) >= 11 is 0. The van der Waals surface area contributed by atoms with Crippen LogP contribution in [0.15, 0.2) is 23.4 Å². The molecular formula is C9H11NO3S. The quantitative estimate of drug-likeness (QED) is 0.696. The Hall–Kier alpha value is -1.23. The smallest absolute Gasteiger partial charge is 0.192 e. The number of rotatable bonds is 3. The molecule has 0 aliphatic rings. The molecule has 0 aliphatic carbocycles. The van der Waals surface area contributed by atoms with E-state index >= 15 is 0 Å². The molecule has 0 radical (unpaired) electrons. The van der Waals surface area contributed by atoms with E-state index < -0.39 is 9.84 Å². The van der Waals surface area contributed by atoms with Crippen molar-refractivity contribution in [3.8, 4) is 0 Å². The first-order valence-corrected chi connectivity index (χ1v) is 5.95. The Balaban J connectivity index is 3.07. The molecule has 0 fully saturated rings. The van der Waals surface area contributed by atoms with Gasteiger partial charge in [-0.2, -0.15) is 0 Å². The second-order valence-electron chi connectivity index (χ2n) is 3.13. The highest BCUT2D eigenvalue weighted by molar-refractivity contribution is 7.90. The molecule has 0 saturated carbocycles. The van der Waals surface area contributed by atoms with Crippen LogP contribution in [0.2, 0.25) is 0 Å². The lowest BCUT2D eigenvalue weighted by Crippen LogP contribution is -2.02. The van der Waals surface area contributed by atoms with Crippen LogP contribution in [0.4, 0.5) is 0 Å². The van der Waals surface area contributed by atoms with Crippen molar-refractivity contribution in [2.75, 3.05) is 6.26 Å². The Labute approximate surface area is 82.9 Å². The molecule has 1 rings (SSSR count). The van der Waals surface area contributed by atoms with Gasteiger partial charge in [0.1, 0.15) is 6.29 Å². The number of nitrogens with zero attached hydrogens (tertiary/aromatic N) is 1. The number of hydrogen-bond donors (Lipinski definition) is 0. The zero-order chi connectivity index (χ0) is 10.8. The van der Waals surface area contributed by atoms with Gasteiger partial charge in [0.2, 0.25) is 0 Å². The Kier molecular flexibility index (Phi) is 3.00. The fourth-order valence-electron chi connectivity index (χ4n) is 0.959. The summed E-state index contributed by atoms with van der Waals surface area (Å²) in [5.74, 6) is -0.254. The van der Waals surface area contributed by atoms with Crippen molar-refractivity contribution in [2.45, 2.75) is 17.9 Å². The van der Waals surface area contributed by atoms with Gasteiger partial charge in [-0.25, -0.2) is 13.4 Å². The van der Waals surface area contributed by atoms with E-state index in [2.05, 4.69) is 4.98 Å². The van der Waals surface area contributed by atoms with Crippen LogP contribution in [-0.4, -0.2) is 25.9 Å². The average molecular weight is 213 g/mol. The minimum atomic E-state index is -3.25. The van der Waals surface area contributed by atoms with Gasteiger partial charge in [0, 0.05) is 18.4 Å². The molecule has 0 amide bonds. The van der Waals surface area contributed by atoms with Gasteiger partial charge in [-0.15, -0.1) is 0 Å². The second kappa shape index (κ2) is 3.88. The van der Waals surface area contributed by atoms with Crippen LogP contribution in [0, 0.1) is 0 Å². The molecular weight excluding hydrogens is 202 g/mol. The number of aldehydes is 1. The van der Waals surface area contributed by atoms with Crippen molar-refractivity contribution in [1.82, 2.24) is 4.98 Å². The summed E-state index contributed by atoms with van der Waals surface area (Å²) < 4.78 is 22.1. The number of carbonyl (C=O) groups excluding carboxylic acids is 1. The Bertz CT molecular complexity index is 422. The van der Waals surface area contributed by atoms with Gasteiger partial charge in [0.25, 0.3) is 0 Å². The predicted molar refractivity (Wildman–Crippen MR) is 51.8 cm³/mol. The van der Waals surface area contributed by atoms with Gasteiger partial charge in [-0.1, -0.05) is 13.0 Å². The average Bonchev–Trinajstić information content (AvgIpc) is 2.15. The van der Waals surface area contributed by atoms with E-state index in [0.717, 1.165) is 12.5 Å². The van der Waals surface area contributed by atoms with Crippen molar-refractivity contribution >= 4 is 16.1 Å². The molecule has 1 heterocycles. The summed E-state index contributed by atoms with van der Waals surface area (Å²) in [6.45, 7) is 1.73. The first kappa shape index (κ1) is 10.8. The summed E-state index contributed by atoms with van der Waals surface area (Å²) in [6.07, 6.45) is 3.30. The lowest BCUT2D eigenvalue weighted by molar-refractivity contribution is -0.108. The molecule has 0 bridgehead atoms. The SMILES string of the molecule is CC(C=O)c1ccc(S(C)(=O)=O)nc1. The van der Waals surface area contributed by atoms with Crippen molar-refractivity contribution in [3.05, 3.63) is 23.9 Å². The van der Waals surface area contributed by atoms with Crippen molar-refractivity contribution < 1.29 is 13.2 Å². The summed E-state index contributed by atoms with van der Waals surface area (Å²) in [5, 5.41) is 0.0272. The van der Waals surface area contributed by atoms with Gasteiger partial charge < -0.3 is 4.79 Å². The summed E-state index contributed by atoms with van der Waals surface area (Å²) in [5.41, 5.74) is 0.715. The fourth-order valence-corrected chi connectivity index (χ4v) is 1.52. The highest BCUT2D eigenvalue weighted by Crippen LogP contribution is 2.13. The van der Waals surface area contributed by atoms with Crippen LogP contribution in [0.5, 0.6) is 0 Å². The zero-order valence-corrected chi connectivity index (χ0v) is 8.78. The third-order valence-corrected chi connectivity index (χ3v) is 2.87. The highest BCUT2D eigenvalue weighted by atomic mass is 32.2. The van der Waals surface area contributed by atoms with E-state index in [1.165, 1.54) is 12.3 Å². The number of aromatic nitrogens is 1.